The maximum atomic E-state index is 12.4. The number of ether oxygens (including phenoxy) is 2. The summed E-state index contributed by atoms with van der Waals surface area (Å²) in [5, 5.41) is 14.0. The Morgan fingerprint density at radius 1 is 0.902 bits per heavy atom. The number of hydrogen-bond acceptors (Lipinski definition) is 9. The Balaban J connectivity index is 1.39. The highest BCUT2D eigenvalue weighted by atomic mass is 35.5. The maximum Gasteiger partial charge on any atom is 0.338 e. The monoisotopic (exact) mass is 580 g/mol. The Morgan fingerprint density at radius 3 is 2.22 bits per heavy atom. The summed E-state index contributed by atoms with van der Waals surface area (Å²) >= 11 is 5.81. The number of Topliss-reactive ketones (excluding diaryl/α,β-unsaturated/α-hetero) is 2. The molecule has 0 saturated heterocycles. The highest BCUT2D eigenvalue weighted by Gasteiger charge is 2.20. The molecule has 0 aliphatic carbocycles. The van der Waals surface area contributed by atoms with Crippen molar-refractivity contribution in [2.75, 3.05) is 11.9 Å². The Bertz CT molecular complexity index is 1450. The second-order valence-corrected chi connectivity index (χ2v) is 9.23. The third-order valence-electron chi connectivity index (χ3n) is 5.71. The van der Waals surface area contributed by atoms with Crippen molar-refractivity contribution in [3.8, 4) is 0 Å². The van der Waals surface area contributed by atoms with Crippen LogP contribution in [0.3, 0.4) is 0 Å². The van der Waals surface area contributed by atoms with Gasteiger partial charge in [0.25, 0.3) is 5.69 Å². The van der Waals surface area contributed by atoms with E-state index < -0.39 is 35.4 Å². The molecule has 0 aromatic heterocycles. The molecule has 0 fully saturated rings. The fourth-order valence-corrected chi connectivity index (χ4v) is 3.68. The van der Waals surface area contributed by atoms with Crippen LogP contribution in [0.2, 0.25) is 5.02 Å². The molecular weight excluding hydrogens is 556 g/mol. The van der Waals surface area contributed by atoms with Crippen LogP contribution < -0.4 is 5.32 Å². The van der Waals surface area contributed by atoms with Gasteiger partial charge >= 0.3 is 11.9 Å². The number of esters is 2. The highest BCUT2D eigenvalue weighted by molar-refractivity contribution is 6.30. The van der Waals surface area contributed by atoms with E-state index in [2.05, 4.69) is 5.32 Å². The van der Waals surface area contributed by atoms with Crippen molar-refractivity contribution >= 4 is 52.4 Å². The number of carbonyl (C=O) groups excluding carboxylic acids is 5. The van der Waals surface area contributed by atoms with Gasteiger partial charge < -0.3 is 14.8 Å². The SMILES string of the molecule is CC(OC(=O)CCCC(=O)Nc1ccc(C(=O)OCC(=O)c2cccc([N+](=O)[O-])c2)cc1)C(=O)c1ccc(Cl)cc1. The first-order valence-electron chi connectivity index (χ1n) is 12.4. The molecule has 0 heterocycles. The molecule has 3 rings (SSSR count). The smallest absolute Gasteiger partial charge is 0.338 e. The van der Waals surface area contributed by atoms with Crippen LogP contribution in [0.5, 0.6) is 0 Å². The molecule has 1 N–H and O–H groups in total. The van der Waals surface area contributed by atoms with Crippen LogP contribution in [0, 0.1) is 10.1 Å². The van der Waals surface area contributed by atoms with Gasteiger partial charge in [0.05, 0.1) is 10.5 Å². The van der Waals surface area contributed by atoms with Crippen molar-refractivity contribution in [1.82, 2.24) is 0 Å². The lowest BCUT2D eigenvalue weighted by atomic mass is 10.1. The summed E-state index contributed by atoms with van der Waals surface area (Å²) in [6.45, 7) is 0.866. The Morgan fingerprint density at radius 2 is 1.56 bits per heavy atom. The molecule has 1 atom stereocenters. The number of benzene rings is 3. The van der Waals surface area contributed by atoms with Crippen LogP contribution in [0.4, 0.5) is 11.4 Å². The summed E-state index contributed by atoms with van der Waals surface area (Å²) in [5.41, 5.74) is 0.668. The largest absolute Gasteiger partial charge is 0.454 e. The van der Waals surface area contributed by atoms with E-state index in [9.17, 15) is 34.1 Å². The van der Waals surface area contributed by atoms with Crippen LogP contribution in [0.25, 0.3) is 0 Å². The van der Waals surface area contributed by atoms with Crippen molar-refractivity contribution in [1.29, 1.82) is 0 Å². The Hall–Kier alpha value is -4.90. The molecule has 3 aromatic rings. The summed E-state index contributed by atoms with van der Waals surface area (Å²) < 4.78 is 10.2. The van der Waals surface area contributed by atoms with E-state index in [4.69, 9.17) is 21.1 Å². The number of non-ortho nitro benzene ring substituents is 1. The molecule has 212 valence electrons. The number of nitrogens with one attached hydrogen (secondary N) is 1. The molecule has 1 unspecified atom stereocenters. The van der Waals surface area contributed by atoms with E-state index in [0.29, 0.717) is 16.3 Å². The van der Waals surface area contributed by atoms with E-state index in [1.165, 1.54) is 49.4 Å². The van der Waals surface area contributed by atoms with Crippen molar-refractivity contribution < 1.29 is 38.4 Å². The number of rotatable bonds is 13. The Labute approximate surface area is 239 Å². The summed E-state index contributed by atoms with van der Waals surface area (Å²) in [7, 11) is 0. The van der Waals surface area contributed by atoms with Crippen LogP contribution in [-0.4, -0.2) is 47.0 Å². The van der Waals surface area contributed by atoms with Gasteiger partial charge in [-0.25, -0.2) is 4.79 Å². The van der Waals surface area contributed by atoms with Gasteiger partial charge in [-0.3, -0.25) is 29.3 Å². The molecule has 0 spiro atoms. The minimum absolute atomic E-state index is 0.0121. The first-order chi connectivity index (χ1) is 19.5. The van der Waals surface area contributed by atoms with Crippen LogP contribution in [0.1, 0.15) is 57.3 Å². The predicted octanol–water partition coefficient (Wildman–Crippen LogP) is 5.21. The molecule has 0 aliphatic rings. The number of hydrogen-bond donors (Lipinski definition) is 1. The van der Waals surface area contributed by atoms with Gasteiger partial charge in [0.1, 0.15) is 0 Å². The van der Waals surface area contributed by atoms with Gasteiger partial charge in [0.15, 0.2) is 12.7 Å². The molecule has 1 amide bonds. The van der Waals surface area contributed by atoms with E-state index in [-0.39, 0.29) is 47.8 Å². The molecule has 12 heteroatoms. The third-order valence-corrected chi connectivity index (χ3v) is 5.96. The third kappa shape index (κ3) is 9.36. The van der Waals surface area contributed by atoms with Crippen LogP contribution in [-0.2, 0) is 19.1 Å². The average molecular weight is 581 g/mol. The Kier molecular flexibility index (Phi) is 10.8. The summed E-state index contributed by atoms with van der Waals surface area (Å²) in [5.74, 6) is -2.74. The number of nitro groups is 1. The minimum atomic E-state index is -0.986. The number of amides is 1. The van der Waals surface area contributed by atoms with Gasteiger partial charge in [0, 0.05) is 46.8 Å². The topological polar surface area (TPSA) is 159 Å². The average Bonchev–Trinajstić information content (AvgIpc) is 2.96. The van der Waals surface area contributed by atoms with E-state index >= 15 is 0 Å². The molecular formula is C29H25ClN2O9. The lowest BCUT2D eigenvalue weighted by molar-refractivity contribution is -0.384. The molecule has 3 aromatic carbocycles. The summed E-state index contributed by atoms with van der Waals surface area (Å²) in [4.78, 5) is 71.4. The van der Waals surface area contributed by atoms with Gasteiger partial charge in [-0.05, 0) is 61.9 Å². The van der Waals surface area contributed by atoms with Crippen LogP contribution in [0.15, 0.2) is 72.8 Å². The van der Waals surface area contributed by atoms with Crippen molar-refractivity contribution in [2.45, 2.75) is 32.3 Å². The van der Waals surface area contributed by atoms with Crippen molar-refractivity contribution in [2.24, 2.45) is 0 Å². The highest BCUT2D eigenvalue weighted by Crippen LogP contribution is 2.16. The van der Waals surface area contributed by atoms with Crippen LogP contribution >= 0.6 is 11.6 Å². The number of nitro benzene ring substituents is 1. The van der Waals surface area contributed by atoms with Gasteiger partial charge in [-0.1, -0.05) is 23.7 Å². The first-order valence-corrected chi connectivity index (χ1v) is 12.7. The van der Waals surface area contributed by atoms with Gasteiger partial charge in [0.2, 0.25) is 17.5 Å². The maximum absolute atomic E-state index is 12.4. The lowest BCUT2D eigenvalue weighted by Gasteiger charge is -2.12. The normalized spacial score (nSPS) is 11.2. The zero-order valence-corrected chi connectivity index (χ0v) is 22.6. The number of anilines is 1. The lowest BCUT2D eigenvalue weighted by Crippen LogP contribution is -2.24. The predicted molar refractivity (Wildman–Crippen MR) is 148 cm³/mol. The standard InChI is InChI=1S/C29H25ClN2O9/c1-18(28(36)19-8-12-22(30)13-9-19)41-27(35)7-3-6-26(34)31-23-14-10-20(11-15-23)29(37)40-17-25(33)21-4-2-5-24(16-21)32(38)39/h2,4-5,8-16,18H,3,6-7,17H2,1H3,(H,31,34). The molecule has 41 heavy (non-hydrogen) atoms. The fourth-order valence-electron chi connectivity index (χ4n) is 3.56. The molecule has 0 bridgehead atoms. The first kappa shape index (κ1) is 30.6. The van der Waals surface area contributed by atoms with E-state index in [1.807, 2.05) is 0 Å². The molecule has 11 nitrogen and oxygen atoms in total. The molecule has 0 aliphatic heterocycles. The number of halogens is 1. The number of carbonyl (C=O) groups is 5. The minimum Gasteiger partial charge on any atom is -0.454 e. The molecule has 0 saturated carbocycles. The fraction of sp³-hybridized carbons (Fsp3) is 0.207. The number of ketones is 2. The van der Waals surface area contributed by atoms with Crippen molar-refractivity contribution in [3.63, 3.8) is 0 Å². The quantitative estimate of drug-likeness (QED) is 0.124. The van der Waals surface area contributed by atoms with Gasteiger partial charge in [-0.2, -0.15) is 0 Å². The second-order valence-electron chi connectivity index (χ2n) is 8.79. The molecule has 0 radical (unpaired) electrons. The summed E-state index contributed by atoms with van der Waals surface area (Å²) in [6.07, 6.45) is -0.847. The summed E-state index contributed by atoms with van der Waals surface area (Å²) in [6, 6.07) is 17.0. The van der Waals surface area contributed by atoms with Gasteiger partial charge in [-0.15, -0.1) is 0 Å². The second kappa shape index (κ2) is 14.5. The van der Waals surface area contributed by atoms with E-state index in [1.54, 1.807) is 24.3 Å². The van der Waals surface area contributed by atoms with Crippen molar-refractivity contribution in [3.05, 3.63) is 105 Å². The zero-order valence-electron chi connectivity index (χ0n) is 21.8. The number of nitrogens with zero attached hydrogens (tertiary/aromatic N) is 1. The van der Waals surface area contributed by atoms with E-state index in [0.717, 1.165) is 6.07 Å². The zero-order chi connectivity index (χ0) is 29.9.